The largest absolute Gasteiger partial charge is 0.381 e. The van der Waals surface area contributed by atoms with Crippen LogP contribution in [0.4, 0.5) is 0 Å². The Morgan fingerprint density at radius 1 is 1.65 bits per heavy atom. The molecule has 0 radical (unpaired) electrons. The van der Waals surface area contributed by atoms with E-state index in [0.717, 1.165) is 0 Å². The number of amides is 1. The van der Waals surface area contributed by atoms with Crippen molar-refractivity contribution in [1.82, 2.24) is 4.57 Å². The van der Waals surface area contributed by atoms with Gasteiger partial charge in [0.1, 0.15) is 0 Å². The third-order valence-corrected chi connectivity index (χ3v) is 4.10. The minimum absolute atomic E-state index is 0.110. The van der Waals surface area contributed by atoms with Crippen molar-refractivity contribution in [3.8, 4) is 0 Å². The molecule has 0 saturated carbocycles. The Balaban J connectivity index is 2.27. The molecule has 1 aromatic heterocycles. The zero-order valence-electron chi connectivity index (χ0n) is 9.89. The summed E-state index contributed by atoms with van der Waals surface area (Å²) >= 11 is 1.45. The summed E-state index contributed by atoms with van der Waals surface area (Å²) in [5.74, 6) is -0.110. The van der Waals surface area contributed by atoms with Crippen LogP contribution in [0, 0.1) is 5.41 Å². The fourth-order valence-electron chi connectivity index (χ4n) is 1.91. The molecule has 1 aliphatic rings. The molecular weight excluding hydrogens is 238 g/mol. The van der Waals surface area contributed by atoms with E-state index < -0.39 is 5.41 Å². The number of nitrogens with two attached hydrogens (primary N) is 1. The Labute approximate surface area is 104 Å². The fourth-order valence-corrected chi connectivity index (χ4v) is 2.64. The van der Waals surface area contributed by atoms with Gasteiger partial charge in [-0.25, -0.2) is 0 Å². The van der Waals surface area contributed by atoms with Gasteiger partial charge in [-0.15, -0.1) is 11.3 Å². The first-order chi connectivity index (χ1) is 8.18. The molecule has 1 amide bonds. The van der Waals surface area contributed by atoms with Crippen LogP contribution in [0.25, 0.3) is 0 Å². The zero-order valence-corrected chi connectivity index (χ0v) is 10.7. The maximum absolute atomic E-state index is 12.3. The van der Waals surface area contributed by atoms with Crippen LogP contribution in [0.3, 0.4) is 0 Å². The average Bonchev–Trinajstić information content (AvgIpc) is 2.76. The highest BCUT2D eigenvalue weighted by Crippen LogP contribution is 2.30. The van der Waals surface area contributed by atoms with Crippen molar-refractivity contribution in [1.29, 1.82) is 0 Å². The topological polar surface area (TPSA) is 69.6 Å². The molecule has 5 nitrogen and oxygen atoms in total. The SMILES string of the molecule is Cn1ccsc1=NC(=O)C1(CN)CCOCC1. The van der Waals surface area contributed by atoms with Gasteiger partial charge < -0.3 is 15.0 Å². The second kappa shape index (κ2) is 5.12. The summed E-state index contributed by atoms with van der Waals surface area (Å²) in [4.78, 5) is 17.2. The Morgan fingerprint density at radius 3 is 2.88 bits per heavy atom. The first-order valence-electron chi connectivity index (χ1n) is 5.65. The van der Waals surface area contributed by atoms with E-state index in [1.165, 1.54) is 11.3 Å². The third kappa shape index (κ3) is 2.48. The molecule has 94 valence electrons. The smallest absolute Gasteiger partial charge is 0.256 e. The third-order valence-electron chi connectivity index (χ3n) is 3.25. The van der Waals surface area contributed by atoms with Crippen LogP contribution in [-0.2, 0) is 16.6 Å². The van der Waals surface area contributed by atoms with Crippen LogP contribution in [0.1, 0.15) is 12.8 Å². The molecular formula is C11H17N3O2S. The van der Waals surface area contributed by atoms with Gasteiger partial charge in [0.05, 0.1) is 5.41 Å². The molecule has 1 aromatic rings. The molecule has 2 rings (SSSR count). The highest BCUT2D eigenvalue weighted by Gasteiger charge is 2.38. The lowest BCUT2D eigenvalue weighted by molar-refractivity contribution is -0.132. The molecule has 2 heterocycles. The van der Waals surface area contributed by atoms with Crippen LogP contribution < -0.4 is 10.5 Å². The molecule has 1 saturated heterocycles. The van der Waals surface area contributed by atoms with E-state index >= 15 is 0 Å². The average molecular weight is 255 g/mol. The maximum Gasteiger partial charge on any atom is 0.256 e. The van der Waals surface area contributed by atoms with E-state index in [1.807, 2.05) is 23.2 Å². The summed E-state index contributed by atoms with van der Waals surface area (Å²) in [7, 11) is 1.88. The normalized spacial score (nSPS) is 20.5. The second-order valence-corrected chi connectivity index (χ2v) is 5.18. The minimum atomic E-state index is -0.519. The predicted molar refractivity (Wildman–Crippen MR) is 65.4 cm³/mol. The number of thiazole rings is 1. The van der Waals surface area contributed by atoms with E-state index in [9.17, 15) is 4.79 Å². The number of aryl methyl sites for hydroxylation is 1. The monoisotopic (exact) mass is 255 g/mol. The maximum atomic E-state index is 12.3. The number of hydrogen-bond acceptors (Lipinski definition) is 4. The standard InChI is InChI=1S/C11H17N3O2S/c1-14-4-7-17-10(14)13-9(15)11(8-12)2-5-16-6-3-11/h4,7H,2-3,5-6,8,12H2,1H3. The number of aromatic nitrogens is 1. The summed E-state index contributed by atoms with van der Waals surface area (Å²) in [5.41, 5.74) is 5.25. The van der Waals surface area contributed by atoms with E-state index in [2.05, 4.69) is 4.99 Å². The van der Waals surface area contributed by atoms with Gasteiger partial charge in [0.15, 0.2) is 4.80 Å². The Morgan fingerprint density at radius 2 is 2.35 bits per heavy atom. The van der Waals surface area contributed by atoms with Crippen molar-refractivity contribution < 1.29 is 9.53 Å². The predicted octanol–water partition coefficient (Wildman–Crippen LogP) is 0.269. The minimum Gasteiger partial charge on any atom is -0.381 e. The molecule has 1 fully saturated rings. The van der Waals surface area contributed by atoms with Crippen molar-refractivity contribution in [2.75, 3.05) is 19.8 Å². The van der Waals surface area contributed by atoms with Gasteiger partial charge in [-0.05, 0) is 12.8 Å². The summed E-state index contributed by atoms with van der Waals surface area (Å²) in [5, 5.41) is 1.91. The van der Waals surface area contributed by atoms with E-state index in [1.54, 1.807) is 0 Å². The Bertz CT molecular complexity index is 457. The summed E-state index contributed by atoms with van der Waals surface area (Å²) in [6, 6.07) is 0. The van der Waals surface area contributed by atoms with Crippen LogP contribution in [0.2, 0.25) is 0 Å². The van der Waals surface area contributed by atoms with E-state index in [4.69, 9.17) is 10.5 Å². The van der Waals surface area contributed by atoms with Gasteiger partial charge in [0.25, 0.3) is 5.91 Å². The summed E-state index contributed by atoms with van der Waals surface area (Å²) in [6.45, 7) is 1.53. The lowest BCUT2D eigenvalue weighted by atomic mass is 9.79. The van der Waals surface area contributed by atoms with Gasteiger partial charge in [-0.1, -0.05) is 0 Å². The first-order valence-corrected chi connectivity index (χ1v) is 6.53. The number of carbonyl (C=O) groups excluding carboxylic acids is 1. The van der Waals surface area contributed by atoms with Crippen molar-refractivity contribution in [3.63, 3.8) is 0 Å². The van der Waals surface area contributed by atoms with Gasteiger partial charge in [0.2, 0.25) is 0 Å². The molecule has 17 heavy (non-hydrogen) atoms. The fraction of sp³-hybridized carbons (Fsp3) is 0.636. The van der Waals surface area contributed by atoms with E-state index in [0.29, 0.717) is 37.4 Å². The molecule has 0 atom stereocenters. The van der Waals surface area contributed by atoms with Crippen molar-refractivity contribution >= 4 is 17.2 Å². The number of nitrogens with zero attached hydrogens (tertiary/aromatic N) is 2. The highest BCUT2D eigenvalue weighted by atomic mass is 32.1. The van der Waals surface area contributed by atoms with Gasteiger partial charge in [0, 0.05) is 38.4 Å². The Hall–Kier alpha value is -0.980. The van der Waals surface area contributed by atoms with Crippen molar-refractivity contribution in [2.24, 2.45) is 23.2 Å². The number of carbonyl (C=O) groups is 1. The molecule has 0 bridgehead atoms. The number of hydrogen-bond donors (Lipinski definition) is 1. The van der Waals surface area contributed by atoms with E-state index in [-0.39, 0.29) is 5.91 Å². The first kappa shape index (κ1) is 12.5. The van der Waals surface area contributed by atoms with Crippen LogP contribution in [-0.4, -0.2) is 30.2 Å². The molecule has 0 spiro atoms. The van der Waals surface area contributed by atoms with Crippen LogP contribution >= 0.6 is 11.3 Å². The van der Waals surface area contributed by atoms with Gasteiger partial charge >= 0.3 is 0 Å². The molecule has 0 aliphatic carbocycles. The molecule has 0 unspecified atom stereocenters. The van der Waals surface area contributed by atoms with Crippen LogP contribution in [0.5, 0.6) is 0 Å². The highest BCUT2D eigenvalue weighted by molar-refractivity contribution is 7.07. The quantitative estimate of drug-likeness (QED) is 0.824. The van der Waals surface area contributed by atoms with Gasteiger partial charge in [-0.3, -0.25) is 4.79 Å². The van der Waals surface area contributed by atoms with Gasteiger partial charge in [-0.2, -0.15) is 4.99 Å². The zero-order chi connectivity index (χ0) is 12.3. The lowest BCUT2D eigenvalue weighted by Crippen LogP contribution is -2.43. The molecule has 6 heteroatoms. The lowest BCUT2D eigenvalue weighted by Gasteiger charge is -2.32. The molecule has 1 aliphatic heterocycles. The number of ether oxygens (including phenoxy) is 1. The molecule has 0 aromatic carbocycles. The van der Waals surface area contributed by atoms with Crippen LogP contribution in [0.15, 0.2) is 16.6 Å². The number of rotatable bonds is 2. The van der Waals surface area contributed by atoms with Crippen molar-refractivity contribution in [2.45, 2.75) is 12.8 Å². The second-order valence-electron chi connectivity index (χ2n) is 4.31. The summed E-state index contributed by atoms with van der Waals surface area (Å²) in [6.07, 6.45) is 3.22. The Kier molecular flexibility index (Phi) is 3.76. The molecule has 2 N–H and O–H groups in total. The van der Waals surface area contributed by atoms with Crippen molar-refractivity contribution in [3.05, 3.63) is 16.4 Å². The summed E-state index contributed by atoms with van der Waals surface area (Å²) < 4.78 is 7.12.